The lowest BCUT2D eigenvalue weighted by atomic mass is 9.66. The highest BCUT2D eigenvalue weighted by Crippen LogP contribution is 2.51. The molecule has 0 radical (unpaired) electrons. The molecule has 5 aliphatic rings. The molecule has 7 nitrogen and oxygen atoms in total. The van der Waals surface area contributed by atoms with Gasteiger partial charge in [0.05, 0.1) is 18.7 Å². The number of piperidine rings is 1. The van der Waals surface area contributed by atoms with E-state index in [4.69, 9.17) is 0 Å². The van der Waals surface area contributed by atoms with Crippen LogP contribution in [-0.2, 0) is 4.79 Å². The second-order valence-corrected chi connectivity index (χ2v) is 10.1. The van der Waals surface area contributed by atoms with Gasteiger partial charge in [0.15, 0.2) is 0 Å². The topological polar surface area (TPSA) is 100 Å². The van der Waals surface area contributed by atoms with Crippen LogP contribution >= 0.6 is 0 Å². The summed E-state index contributed by atoms with van der Waals surface area (Å²) in [6.45, 7) is 2.41. The number of nitrogens with zero attached hydrogens (tertiary/aromatic N) is 2. The fraction of sp³-hybridized carbons (Fsp3) is 0.905. The highest BCUT2D eigenvalue weighted by molar-refractivity contribution is 5.87. The molecule has 3 aliphatic heterocycles. The van der Waals surface area contributed by atoms with Crippen LogP contribution in [0.25, 0.3) is 0 Å². The zero-order valence-electron chi connectivity index (χ0n) is 17.0. The number of alkyl halides is 1. The van der Waals surface area contributed by atoms with Crippen molar-refractivity contribution in [3.63, 3.8) is 0 Å². The molecule has 3 heterocycles. The van der Waals surface area contributed by atoms with Crippen molar-refractivity contribution in [2.75, 3.05) is 6.54 Å². The number of amides is 1. The number of fused-ring (bicyclic) bond motifs is 2. The number of carbonyl (C=O) groups excluding carboxylic acids is 1. The Balaban J connectivity index is 1.47. The molecule has 0 bridgehead atoms. The molecule has 0 aromatic heterocycles. The second-order valence-electron chi connectivity index (χ2n) is 10.1. The van der Waals surface area contributed by atoms with Crippen LogP contribution in [0.3, 0.4) is 0 Å². The first-order valence-corrected chi connectivity index (χ1v) is 11.2. The van der Waals surface area contributed by atoms with E-state index in [-0.39, 0.29) is 47.4 Å². The van der Waals surface area contributed by atoms with Crippen LogP contribution in [0, 0.1) is 29.1 Å². The van der Waals surface area contributed by atoms with Gasteiger partial charge in [-0.05, 0) is 70.3 Å². The Hall–Kier alpha value is -1.27. The van der Waals surface area contributed by atoms with E-state index in [1.807, 2.05) is 0 Å². The second kappa shape index (κ2) is 6.88. The summed E-state index contributed by atoms with van der Waals surface area (Å²) < 4.78 is 14.4. The number of halogens is 1. The summed E-state index contributed by atoms with van der Waals surface area (Å²) in [5.74, 6) is -0.138. The molecule has 0 spiro atoms. The third-order valence-electron chi connectivity index (χ3n) is 8.61. The number of rotatable bonds is 3. The quantitative estimate of drug-likeness (QED) is 0.558. The Labute approximate surface area is 171 Å². The summed E-state index contributed by atoms with van der Waals surface area (Å²) in [4.78, 5) is 12.4. The standard InChI is InChI=1S/C21H32FN5O2/c1-20(29)16-14(5-10-24-18(16)25-19(20)28)17-13-4-3-12(22)11-15(13)27(26-17)21(8-9-23)6-2-7-21/h12-18,24,26,29H,2-8,10-11H2,1H3,(H,25,28)/t12?,13?,14?,15?,16?,17?,18?,20-/m0/s1. The number of aliphatic hydroxyl groups is 1. The van der Waals surface area contributed by atoms with Gasteiger partial charge in [-0.1, -0.05) is 0 Å². The minimum Gasteiger partial charge on any atom is -0.380 e. The molecule has 29 heavy (non-hydrogen) atoms. The Morgan fingerprint density at radius 1 is 1.31 bits per heavy atom. The number of hydrogen-bond donors (Lipinski definition) is 4. The lowest BCUT2D eigenvalue weighted by molar-refractivity contribution is -0.138. The van der Waals surface area contributed by atoms with E-state index in [9.17, 15) is 19.6 Å². The van der Waals surface area contributed by atoms with Crippen molar-refractivity contribution >= 4 is 5.91 Å². The molecule has 5 rings (SSSR count). The third-order valence-corrected chi connectivity index (χ3v) is 8.61. The molecule has 5 fully saturated rings. The Morgan fingerprint density at radius 3 is 2.79 bits per heavy atom. The van der Waals surface area contributed by atoms with Gasteiger partial charge in [-0.3, -0.25) is 15.5 Å². The normalized spacial score (nSPS) is 48.9. The maximum absolute atomic E-state index is 14.4. The van der Waals surface area contributed by atoms with Crippen LogP contribution in [0.15, 0.2) is 0 Å². The molecule has 1 amide bonds. The molecule has 8 atom stereocenters. The highest BCUT2D eigenvalue weighted by Gasteiger charge is 2.61. The van der Waals surface area contributed by atoms with Gasteiger partial charge in [0.1, 0.15) is 11.8 Å². The van der Waals surface area contributed by atoms with Crippen molar-refractivity contribution in [2.45, 2.75) is 93.9 Å². The van der Waals surface area contributed by atoms with Gasteiger partial charge >= 0.3 is 0 Å². The maximum Gasteiger partial charge on any atom is 0.253 e. The van der Waals surface area contributed by atoms with Crippen LogP contribution in [0.5, 0.6) is 0 Å². The number of nitriles is 1. The van der Waals surface area contributed by atoms with E-state index >= 15 is 0 Å². The Kier molecular flexibility index (Phi) is 4.67. The molecule has 4 N–H and O–H groups in total. The fourth-order valence-corrected chi connectivity index (χ4v) is 7.01. The first-order valence-electron chi connectivity index (χ1n) is 11.2. The van der Waals surface area contributed by atoms with Crippen LogP contribution in [0.1, 0.15) is 58.3 Å². The van der Waals surface area contributed by atoms with Gasteiger partial charge in [0.25, 0.3) is 5.91 Å². The smallest absolute Gasteiger partial charge is 0.253 e. The molecule has 160 valence electrons. The molecule has 2 aliphatic carbocycles. The average molecular weight is 406 g/mol. The first-order chi connectivity index (χ1) is 13.9. The summed E-state index contributed by atoms with van der Waals surface area (Å²) in [5.41, 5.74) is 2.15. The zero-order chi connectivity index (χ0) is 20.4. The predicted octanol–water partition coefficient (Wildman–Crippen LogP) is 0.951. The molecule has 3 saturated heterocycles. The highest BCUT2D eigenvalue weighted by atomic mass is 19.1. The minimum atomic E-state index is -1.41. The molecular formula is C21H32FN5O2. The lowest BCUT2D eigenvalue weighted by Crippen LogP contribution is -2.62. The average Bonchev–Trinajstić information content (AvgIpc) is 3.13. The van der Waals surface area contributed by atoms with Gasteiger partial charge < -0.3 is 10.4 Å². The predicted molar refractivity (Wildman–Crippen MR) is 104 cm³/mol. The van der Waals surface area contributed by atoms with Gasteiger partial charge in [-0.15, -0.1) is 0 Å². The molecule has 2 saturated carbocycles. The Bertz CT molecular complexity index is 720. The van der Waals surface area contributed by atoms with Crippen molar-refractivity contribution in [3.8, 4) is 6.07 Å². The van der Waals surface area contributed by atoms with Gasteiger partial charge in [-0.2, -0.15) is 5.26 Å². The lowest BCUT2D eigenvalue weighted by Gasteiger charge is -2.51. The Morgan fingerprint density at radius 2 is 2.10 bits per heavy atom. The first kappa shape index (κ1) is 19.7. The van der Waals surface area contributed by atoms with E-state index in [0.717, 1.165) is 38.6 Å². The number of nitrogens with one attached hydrogen (secondary N) is 3. The molecule has 8 heteroatoms. The van der Waals surface area contributed by atoms with Crippen LogP contribution in [0.4, 0.5) is 4.39 Å². The van der Waals surface area contributed by atoms with Crippen LogP contribution in [-0.4, -0.2) is 58.1 Å². The largest absolute Gasteiger partial charge is 0.380 e. The fourth-order valence-electron chi connectivity index (χ4n) is 7.01. The monoisotopic (exact) mass is 405 g/mol. The van der Waals surface area contributed by atoms with Gasteiger partial charge in [-0.25, -0.2) is 9.40 Å². The molecule has 0 aromatic rings. The molecular weight excluding hydrogens is 373 g/mol. The summed E-state index contributed by atoms with van der Waals surface area (Å²) in [7, 11) is 0. The van der Waals surface area contributed by atoms with Crippen molar-refractivity contribution < 1.29 is 14.3 Å². The third kappa shape index (κ3) is 2.85. The molecule has 7 unspecified atom stereocenters. The minimum absolute atomic E-state index is 0.0840. The van der Waals surface area contributed by atoms with Gasteiger partial charge in [0.2, 0.25) is 0 Å². The number of hydrazine groups is 1. The van der Waals surface area contributed by atoms with E-state index < -0.39 is 11.8 Å². The summed E-state index contributed by atoms with van der Waals surface area (Å²) in [5, 5.41) is 29.0. The van der Waals surface area contributed by atoms with Crippen molar-refractivity contribution in [3.05, 3.63) is 0 Å². The van der Waals surface area contributed by atoms with E-state index in [0.29, 0.717) is 19.3 Å². The van der Waals surface area contributed by atoms with Gasteiger partial charge in [0, 0.05) is 23.5 Å². The van der Waals surface area contributed by atoms with Crippen molar-refractivity contribution in [2.24, 2.45) is 17.8 Å². The summed E-state index contributed by atoms with van der Waals surface area (Å²) >= 11 is 0. The van der Waals surface area contributed by atoms with E-state index in [1.165, 1.54) is 0 Å². The van der Waals surface area contributed by atoms with Crippen molar-refractivity contribution in [1.29, 1.82) is 5.26 Å². The summed E-state index contributed by atoms with van der Waals surface area (Å²) in [6.07, 6.45) is 5.25. The van der Waals surface area contributed by atoms with E-state index in [1.54, 1.807) is 6.92 Å². The van der Waals surface area contributed by atoms with Crippen LogP contribution in [0.2, 0.25) is 0 Å². The van der Waals surface area contributed by atoms with E-state index in [2.05, 4.69) is 27.1 Å². The zero-order valence-corrected chi connectivity index (χ0v) is 17.0. The molecule has 0 aromatic carbocycles. The number of hydrogen-bond acceptors (Lipinski definition) is 6. The van der Waals surface area contributed by atoms with Crippen molar-refractivity contribution in [1.82, 2.24) is 21.1 Å². The summed E-state index contributed by atoms with van der Waals surface area (Å²) in [6, 6.07) is 2.54. The van der Waals surface area contributed by atoms with Crippen LogP contribution < -0.4 is 16.1 Å². The maximum atomic E-state index is 14.4. The SMILES string of the molecule is C[C@@]1(O)C(=O)NC2NCCC(C3NN(C4(CC#N)CCC4)C4CC(F)CCC34)C21. The number of carbonyl (C=O) groups is 1.